The zero-order chi connectivity index (χ0) is 11.7. The van der Waals surface area contributed by atoms with Gasteiger partial charge in [-0.25, -0.2) is 4.39 Å². The van der Waals surface area contributed by atoms with E-state index in [0.717, 1.165) is 5.69 Å². The standard InChI is InChI=1S/C12H10ClFN2/c1-7-11(15)4-5-12(16-7)9-3-2-8(14)6-10(9)13/h2-6H,15H2,1H3. The van der Waals surface area contributed by atoms with Gasteiger partial charge in [-0.15, -0.1) is 0 Å². The summed E-state index contributed by atoms with van der Waals surface area (Å²) in [6.07, 6.45) is 0. The lowest BCUT2D eigenvalue weighted by molar-refractivity contribution is 0.628. The fourth-order valence-corrected chi connectivity index (χ4v) is 1.68. The van der Waals surface area contributed by atoms with Gasteiger partial charge in [0.15, 0.2) is 0 Å². The Morgan fingerprint density at radius 1 is 1.25 bits per heavy atom. The lowest BCUT2D eigenvalue weighted by atomic mass is 10.1. The molecule has 0 radical (unpaired) electrons. The summed E-state index contributed by atoms with van der Waals surface area (Å²) in [6.45, 7) is 1.82. The van der Waals surface area contributed by atoms with Gasteiger partial charge in [0.05, 0.1) is 22.1 Å². The van der Waals surface area contributed by atoms with E-state index in [0.29, 0.717) is 22.0 Å². The van der Waals surface area contributed by atoms with Crippen molar-refractivity contribution < 1.29 is 4.39 Å². The van der Waals surface area contributed by atoms with Gasteiger partial charge < -0.3 is 5.73 Å². The molecule has 1 heterocycles. The van der Waals surface area contributed by atoms with Crippen molar-refractivity contribution in [3.63, 3.8) is 0 Å². The van der Waals surface area contributed by atoms with Crippen LogP contribution in [0, 0.1) is 12.7 Å². The molecule has 0 bridgehead atoms. The van der Waals surface area contributed by atoms with Gasteiger partial charge in [0, 0.05) is 5.56 Å². The molecule has 16 heavy (non-hydrogen) atoms. The predicted molar refractivity (Wildman–Crippen MR) is 63.8 cm³/mol. The number of nitrogens with zero attached hydrogens (tertiary/aromatic N) is 1. The average molecular weight is 237 g/mol. The lowest BCUT2D eigenvalue weighted by Gasteiger charge is -2.06. The second-order valence-electron chi connectivity index (χ2n) is 3.50. The first-order chi connectivity index (χ1) is 7.58. The summed E-state index contributed by atoms with van der Waals surface area (Å²) < 4.78 is 12.9. The lowest BCUT2D eigenvalue weighted by Crippen LogP contribution is -1.94. The van der Waals surface area contributed by atoms with E-state index in [-0.39, 0.29) is 5.82 Å². The smallest absolute Gasteiger partial charge is 0.124 e. The molecular formula is C12H10ClFN2. The second-order valence-corrected chi connectivity index (χ2v) is 3.90. The molecule has 0 unspecified atom stereocenters. The van der Waals surface area contributed by atoms with Gasteiger partial charge in [-0.05, 0) is 37.3 Å². The molecule has 0 saturated carbocycles. The Labute approximate surface area is 97.9 Å². The highest BCUT2D eigenvalue weighted by atomic mass is 35.5. The van der Waals surface area contributed by atoms with Gasteiger partial charge in [0.1, 0.15) is 5.82 Å². The molecule has 0 fully saturated rings. The third kappa shape index (κ3) is 1.99. The van der Waals surface area contributed by atoms with Crippen molar-refractivity contribution in [2.45, 2.75) is 6.92 Å². The van der Waals surface area contributed by atoms with E-state index in [1.807, 2.05) is 6.92 Å². The van der Waals surface area contributed by atoms with E-state index in [1.54, 1.807) is 18.2 Å². The monoisotopic (exact) mass is 236 g/mol. The van der Waals surface area contributed by atoms with Crippen molar-refractivity contribution in [2.75, 3.05) is 5.73 Å². The summed E-state index contributed by atoms with van der Waals surface area (Å²) in [5.41, 5.74) is 8.43. The van der Waals surface area contributed by atoms with Crippen LogP contribution in [0.25, 0.3) is 11.3 Å². The van der Waals surface area contributed by atoms with Gasteiger partial charge in [-0.2, -0.15) is 0 Å². The first-order valence-electron chi connectivity index (χ1n) is 4.76. The Kier molecular flexibility index (Phi) is 2.79. The molecule has 0 spiro atoms. The SMILES string of the molecule is Cc1nc(-c2ccc(F)cc2Cl)ccc1N. The highest BCUT2D eigenvalue weighted by Crippen LogP contribution is 2.28. The van der Waals surface area contributed by atoms with Crippen LogP contribution in [0.1, 0.15) is 5.69 Å². The number of nitrogens with two attached hydrogens (primary N) is 1. The molecule has 4 heteroatoms. The maximum atomic E-state index is 12.9. The maximum Gasteiger partial charge on any atom is 0.124 e. The van der Waals surface area contributed by atoms with Gasteiger partial charge in [0.2, 0.25) is 0 Å². The molecule has 0 aliphatic carbocycles. The van der Waals surface area contributed by atoms with Crippen molar-refractivity contribution in [3.8, 4) is 11.3 Å². The Morgan fingerprint density at radius 2 is 2.00 bits per heavy atom. The molecule has 1 aromatic heterocycles. The van der Waals surface area contributed by atoms with Crippen molar-refractivity contribution in [1.29, 1.82) is 0 Å². The fourth-order valence-electron chi connectivity index (χ4n) is 1.42. The second kappa shape index (κ2) is 4.10. The third-order valence-corrected chi connectivity index (χ3v) is 2.65. The Morgan fingerprint density at radius 3 is 2.62 bits per heavy atom. The summed E-state index contributed by atoms with van der Waals surface area (Å²) in [5.74, 6) is -0.360. The van der Waals surface area contributed by atoms with E-state index in [9.17, 15) is 4.39 Å². The van der Waals surface area contributed by atoms with Gasteiger partial charge in [-0.3, -0.25) is 4.98 Å². The molecule has 0 aliphatic heterocycles. The summed E-state index contributed by atoms with van der Waals surface area (Å²) in [6, 6.07) is 7.76. The minimum Gasteiger partial charge on any atom is -0.397 e. The number of hydrogen-bond donors (Lipinski definition) is 1. The van der Waals surface area contributed by atoms with E-state index >= 15 is 0 Å². The van der Waals surface area contributed by atoms with Crippen LogP contribution in [0.3, 0.4) is 0 Å². The first kappa shape index (κ1) is 10.9. The number of pyridine rings is 1. The number of hydrogen-bond acceptors (Lipinski definition) is 2. The van der Waals surface area contributed by atoms with Crippen LogP contribution in [0.5, 0.6) is 0 Å². The van der Waals surface area contributed by atoms with Gasteiger partial charge in [-0.1, -0.05) is 11.6 Å². The summed E-state index contributed by atoms with van der Waals surface area (Å²) in [7, 11) is 0. The highest BCUT2D eigenvalue weighted by Gasteiger charge is 2.07. The van der Waals surface area contributed by atoms with Crippen LogP contribution in [0.15, 0.2) is 30.3 Å². The van der Waals surface area contributed by atoms with Crippen LogP contribution in [0.4, 0.5) is 10.1 Å². The molecule has 0 atom stereocenters. The van der Waals surface area contributed by atoms with E-state index in [2.05, 4.69) is 4.98 Å². The number of halogens is 2. The molecule has 0 aliphatic rings. The largest absolute Gasteiger partial charge is 0.397 e. The fraction of sp³-hybridized carbons (Fsp3) is 0.0833. The van der Waals surface area contributed by atoms with E-state index < -0.39 is 0 Å². The molecular weight excluding hydrogens is 227 g/mol. The number of benzene rings is 1. The Balaban J connectivity index is 2.54. The number of aryl methyl sites for hydroxylation is 1. The molecule has 0 amide bonds. The zero-order valence-corrected chi connectivity index (χ0v) is 9.42. The van der Waals surface area contributed by atoms with E-state index in [4.69, 9.17) is 17.3 Å². The Bertz CT molecular complexity index is 541. The maximum absolute atomic E-state index is 12.9. The number of nitrogen functional groups attached to an aromatic ring is 1. The van der Waals surface area contributed by atoms with Crippen molar-refractivity contribution in [2.24, 2.45) is 0 Å². The summed E-state index contributed by atoms with van der Waals surface area (Å²) in [4.78, 5) is 4.30. The Hall–Kier alpha value is -1.61. The highest BCUT2D eigenvalue weighted by molar-refractivity contribution is 6.33. The minimum atomic E-state index is -0.360. The van der Waals surface area contributed by atoms with Crippen molar-refractivity contribution >= 4 is 17.3 Å². The van der Waals surface area contributed by atoms with Gasteiger partial charge >= 0.3 is 0 Å². The minimum absolute atomic E-state index is 0.344. The average Bonchev–Trinajstić information content (AvgIpc) is 2.22. The molecule has 82 valence electrons. The molecule has 1 aromatic carbocycles. The predicted octanol–water partition coefficient (Wildman–Crippen LogP) is 3.43. The molecule has 2 N–H and O–H groups in total. The van der Waals surface area contributed by atoms with E-state index in [1.165, 1.54) is 12.1 Å². The quantitative estimate of drug-likeness (QED) is 0.824. The zero-order valence-electron chi connectivity index (χ0n) is 8.67. The molecule has 2 rings (SSSR count). The van der Waals surface area contributed by atoms with Crippen LogP contribution < -0.4 is 5.73 Å². The molecule has 2 aromatic rings. The van der Waals surface area contributed by atoms with Gasteiger partial charge in [0.25, 0.3) is 0 Å². The third-order valence-electron chi connectivity index (χ3n) is 2.33. The summed E-state index contributed by atoms with van der Waals surface area (Å²) >= 11 is 5.94. The topological polar surface area (TPSA) is 38.9 Å². The number of anilines is 1. The number of rotatable bonds is 1. The first-order valence-corrected chi connectivity index (χ1v) is 5.14. The van der Waals surface area contributed by atoms with Crippen LogP contribution in [0.2, 0.25) is 5.02 Å². The number of aromatic nitrogens is 1. The summed E-state index contributed by atoms with van der Waals surface area (Å²) in [5, 5.41) is 0.344. The normalized spacial score (nSPS) is 10.4. The van der Waals surface area contributed by atoms with Crippen molar-refractivity contribution in [1.82, 2.24) is 4.98 Å². The van der Waals surface area contributed by atoms with Crippen LogP contribution in [-0.4, -0.2) is 4.98 Å². The van der Waals surface area contributed by atoms with Crippen molar-refractivity contribution in [3.05, 3.63) is 46.9 Å². The molecule has 2 nitrogen and oxygen atoms in total. The molecule has 0 saturated heterocycles. The van der Waals surface area contributed by atoms with Crippen LogP contribution in [-0.2, 0) is 0 Å². The van der Waals surface area contributed by atoms with Crippen LogP contribution >= 0.6 is 11.6 Å².